The fourth-order valence-corrected chi connectivity index (χ4v) is 2.70. The summed E-state index contributed by atoms with van der Waals surface area (Å²) in [6.07, 6.45) is -1.09. The van der Waals surface area contributed by atoms with Crippen LogP contribution in [0.3, 0.4) is 0 Å². The van der Waals surface area contributed by atoms with Crippen molar-refractivity contribution >= 4 is 11.8 Å². The van der Waals surface area contributed by atoms with Gasteiger partial charge in [-0.3, -0.25) is 4.79 Å². The summed E-state index contributed by atoms with van der Waals surface area (Å²) in [5.41, 5.74) is -0.657. The molecule has 2 heterocycles. The third kappa shape index (κ3) is 1.44. The van der Waals surface area contributed by atoms with Crippen LogP contribution in [0, 0.1) is 0 Å². The van der Waals surface area contributed by atoms with Crippen molar-refractivity contribution in [3.63, 3.8) is 0 Å². The lowest BCUT2D eigenvalue weighted by Crippen LogP contribution is -2.49. The molecule has 2 aliphatic rings. The van der Waals surface area contributed by atoms with Gasteiger partial charge >= 0.3 is 11.9 Å². The number of hydrogen-bond donors (Lipinski definition) is 0. The Morgan fingerprint density at radius 2 is 2.00 bits per heavy atom. The largest absolute Gasteiger partial charge is 0.467 e. The first kappa shape index (κ1) is 13.2. The number of ketones is 1. The number of ether oxygens (including phenoxy) is 4. The molecule has 1 fully saturated rings. The van der Waals surface area contributed by atoms with Crippen LogP contribution in [0.2, 0.25) is 0 Å². The first-order valence-corrected chi connectivity index (χ1v) is 6.14. The minimum absolute atomic E-state index is 0.321. The van der Waals surface area contributed by atoms with Crippen LogP contribution in [0.15, 0.2) is 24.3 Å². The van der Waals surface area contributed by atoms with Crippen LogP contribution in [0.1, 0.15) is 22.8 Å². The van der Waals surface area contributed by atoms with Gasteiger partial charge in [0.2, 0.25) is 5.60 Å². The Balaban J connectivity index is 2.19. The average Bonchev–Trinajstić information content (AvgIpc) is 2.77. The fraction of sp³-hybridized carbons (Fsp3) is 0.429. The van der Waals surface area contributed by atoms with Crippen LogP contribution in [0.4, 0.5) is 0 Å². The molecule has 0 N–H and O–H groups in total. The molecule has 106 valence electrons. The zero-order valence-corrected chi connectivity index (χ0v) is 11.3. The quantitative estimate of drug-likeness (QED) is 0.751. The monoisotopic (exact) mass is 278 g/mol. The van der Waals surface area contributed by atoms with Gasteiger partial charge in [0.15, 0.2) is 11.9 Å². The highest BCUT2D eigenvalue weighted by Crippen LogP contribution is 2.49. The normalized spacial score (nSPS) is 34.8. The molecule has 0 aromatic heterocycles. The van der Waals surface area contributed by atoms with Crippen LogP contribution < -0.4 is 0 Å². The first-order chi connectivity index (χ1) is 9.48. The van der Waals surface area contributed by atoms with Gasteiger partial charge in [0.05, 0.1) is 12.7 Å². The number of hydrogen-bond acceptors (Lipinski definition) is 6. The minimum atomic E-state index is -1.56. The number of esters is 1. The van der Waals surface area contributed by atoms with Gasteiger partial charge < -0.3 is 18.9 Å². The Morgan fingerprint density at radius 1 is 1.30 bits per heavy atom. The van der Waals surface area contributed by atoms with E-state index in [0.29, 0.717) is 11.1 Å². The summed E-state index contributed by atoms with van der Waals surface area (Å²) in [5.74, 6) is -2.56. The maximum Gasteiger partial charge on any atom is 0.341 e. The standard InChI is InChI=1S/C14H14O6/c1-13(12(16)17-2)11-10(15)8-6-4-5-7-9(8)14(18-3,19-11)20-13/h4-7,11H,1-3H3/t11-,13-,14+/m1/s1. The molecule has 3 rings (SSSR count). The second kappa shape index (κ2) is 4.12. The van der Waals surface area contributed by atoms with Crippen molar-refractivity contribution in [3.05, 3.63) is 35.4 Å². The van der Waals surface area contributed by atoms with E-state index >= 15 is 0 Å². The summed E-state index contributed by atoms with van der Waals surface area (Å²) >= 11 is 0. The maximum atomic E-state index is 12.5. The van der Waals surface area contributed by atoms with Crippen molar-refractivity contribution in [2.45, 2.75) is 24.6 Å². The summed E-state index contributed by atoms with van der Waals surface area (Å²) in [6, 6.07) is 6.82. The molecular weight excluding hydrogens is 264 g/mol. The van der Waals surface area contributed by atoms with Gasteiger partial charge in [0, 0.05) is 12.7 Å². The number of Topliss-reactive ketones (excluding diaryl/α,β-unsaturated/α-hetero) is 1. The molecule has 1 aromatic rings. The van der Waals surface area contributed by atoms with E-state index in [0.717, 1.165) is 0 Å². The average molecular weight is 278 g/mol. The molecular formula is C14H14O6. The SMILES string of the molecule is COC(=O)[C@]1(C)O[C@@]2(OC)O[C@@H]1C(=O)c1ccccc12. The van der Waals surface area contributed by atoms with Gasteiger partial charge in [-0.1, -0.05) is 24.3 Å². The van der Waals surface area contributed by atoms with E-state index < -0.39 is 23.6 Å². The number of rotatable bonds is 2. The Labute approximate surface area is 115 Å². The highest BCUT2D eigenvalue weighted by atomic mass is 16.9. The lowest BCUT2D eigenvalue weighted by atomic mass is 9.90. The molecule has 6 heteroatoms. The molecule has 2 bridgehead atoms. The first-order valence-electron chi connectivity index (χ1n) is 6.14. The maximum absolute atomic E-state index is 12.5. The van der Waals surface area contributed by atoms with Gasteiger partial charge in [-0.2, -0.15) is 0 Å². The molecule has 1 saturated heterocycles. The number of carbonyl (C=O) groups excluding carboxylic acids is 2. The molecule has 2 aliphatic heterocycles. The summed E-state index contributed by atoms with van der Waals surface area (Å²) in [6.45, 7) is 1.47. The van der Waals surface area contributed by atoms with E-state index in [9.17, 15) is 9.59 Å². The summed E-state index contributed by atoms with van der Waals surface area (Å²) in [5, 5.41) is 0. The minimum Gasteiger partial charge on any atom is -0.467 e. The molecule has 0 aliphatic carbocycles. The highest BCUT2D eigenvalue weighted by Gasteiger charge is 2.67. The molecule has 0 radical (unpaired) electrons. The lowest BCUT2D eigenvalue weighted by Gasteiger charge is -2.30. The molecule has 0 amide bonds. The number of methoxy groups -OCH3 is 2. The molecule has 6 nitrogen and oxygen atoms in total. The van der Waals surface area contributed by atoms with Crippen LogP contribution in [-0.4, -0.2) is 37.7 Å². The lowest BCUT2D eigenvalue weighted by molar-refractivity contribution is -0.348. The summed E-state index contributed by atoms with van der Waals surface area (Å²) < 4.78 is 21.4. The van der Waals surface area contributed by atoms with Crippen molar-refractivity contribution in [1.82, 2.24) is 0 Å². The zero-order chi connectivity index (χ0) is 14.5. The predicted octanol–water partition coefficient (Wildman–Crippen LogP) is 0.987. The van der Waals surface area contributed by atoms with Gasteiger partial charge in [0.1, 0.15) is 0 Å². The van der Waals surface area contributed by atoms with Gasteiger partial charge in [0.25, 0.3) is 0 Å². The second-order valence-corrected chi connectivity index (χ2v) is 4.87. The Hall–Kier alpha value is -1.76. The Morgan fingerprint density at radius 3 is 2.65 bits per heavy atom. The van der Waals surface area contributed by atoms with Crippen molar-refractivity contribution in [2.24, 2.45) is 0 Å². The van der Waals surface area contributed by atoms with E-state index in [-0.39, 0.29) is 5.78 Å². The third-order valence-corrected chi connectivity index (χ3v) is 3.74. The van der Waals surface area contributed by atoms with Crippen LogP contribution in [-0.2, 0) is 29.7 Å². The van der Waals surface area contributed by atoms with Crippen molar-refractivity contribution < 1.29 is 28.5 Å². The van der Waals surface area contributed by atoms with E-state index in [2.05, 4.69) is 0 Å². The van der Waals surface area contributed by atoms with Crippen LogP contribution in [0.5, 0.6) is 0 Å². The molecule has 20 heavy (non-hydrogen) atoms. The molecule has 1 aromatic carbocycles. The van der Waals surface area contributed by atoms with Gasteiger partial charge in [-0.25, -0.2) is 4.79 Å². The molecule has 3 atom stereocenters. The van der Waals surface area contributed by atoms with E-state index in [1.165, 1.54) is 21.1 Å². The van der Waals surface area contributed by atoms with Crippen LogP contribution >= 0.6 is 0 Å². The highest BCUT2D eigenvalue weighted by molar-refractivity contribution is 6.06. The van der Waals surface area contributed by atoms with Gasteiger partial charge in [-0.05, 0) is 6.92 Å². The second-order valence-electron chi connectivity index (χ2n) is 4.87. The summed E-state index contributed by atoms with van der Waals surface area (Å²) in [7, 11) is 2.63. The van der Waals surface area contributed by atoms with Crippen molar-refractivity contribution in [1.29, 1.82) is 0 Å². The van der Waals surface area contributed by atoms with Crippen molar-refractivity contribution in [3.8, 4) is 0 Å². The smallest absolute Gasteiger partial charge is 0.341 e. The number of carbonyl (C=O) groups is 2. The third-order valence-electron chi connectivity index (χ3n) is 3.74. The van der Waals surface area contributed by atoms with Crippen LogP contribution in [0.25, 0.3) is 0 Å². The van der Waals surface area contributed by atoms with E-state index in [1.54, 1.807) is 24.3 Å². The molecule has 0 spiro atoms. The van der Waals surface area contributed by atoms with Gasteiger partial charge in [-0.15, -0.1) is 0 Å². The Bertz CT molecular complexity index is 597. The predicted molar refractivity (Wildman–Crippen MR) is 65.8 cm³/mol. The number of fused-ring (bicyclic) bond motifs is 4. The molecule has 0 saturated carbocycles. The molecule has 0 unspecified atom stereocenters. The topological polar surface area (TPSA) is 71.1 Å². The summed E-state index contributed by atoms with van der Waals surface area (Å²) in [4.78, 5) is 24.5. The number of benzene rings is 1. The fourth-order valence-electron chi connectivity index (χ4n) is 2.70. The zero-order valence-electron chi connectivity index (χ0n) is 11.3. The van der Waals surface area contributed by atoms with Crippen molar-refractivity contribution in [2.75, 3.05) is 14.2 Å². The Kier molecular flexibility index (Phi) is 2.72. The van der Waals surface area contributed by atoms with E-state index in [4.69, 9.17) is 18.9 Å². The van der Waals surface area contributed by atoms with E-state index in [1.807, 2.05) is 0 Å².